The molecule has 1 aromatic heterocycles. The molecule has 25 heavy (non-hydrogen) atoms. The number of fused-ring (bicyclic) bond motifs is 3. The Balaban J connectivity index is 1.61. The summed E-state index contributed by atoms with van der Waals surface area (Å²) in [4.78, 5) is 11.6. The van der Waals surface area contributed by atoms with Crippen LogP contribution in [0.2, 0.25) is 0 Å². The van der Waals surface area contributed by atoms with Crippen molar-refractivity contribution in [3.05, 3.63) is 35.4 Å². The van der Waals surface area contributed by atoms with Crippen LogP contribution in [0.25, 0.3) is 11.3 Å². The lowest BCUT2D eigenvalue weighted by molar-refractivity contribution is 0.226. The van der Waals surface area contributed by atoms with E-state index in [1.165, 1.54) is 42.6 Å². The number of nitrogens with zero attached hydrogens (tertiary/aromatic N) is 3. The first-order chi connectivity index (χ1) is 12.2. The third-order valence-electron chi connectivity index (χ3n) is 5.57. The Kier molecular flexibility index (Phi) is 4.57. The number of aryl methyl sites for hydroxylation is 1. The lowest BCUT2D eigenvalue weighted by Gasteiger charge is -2.29. The van der Waals surface area contributed by atoms with Gasteiger partial charge in [-0.2, -0.15) is 4.98 Å². The predicted molar refractivity (Wildman–Crippen MR) is 103 cm³/mol. The first-order valence-corrected chi connectivity index (χ1v) is 9.38. The van der Waals surface area contributed by atoms with Gasteiger partial charge in [-0.25, -0.2) is 4.98 Å². The molecule has 0 bridgehead atoms. The highest BCUT2D eigenvalue weighted by Crippen LogP contribution is 2.34. The largest absolute Gasteiger partial charge is 0.369 e. The number of aromatic nitrogens is 2. The second-order valence-corrected chi connectivity index (χ2v) is 7.40. The Morgan fingerprint density at radius 1 is 1.16 bits per heavy atom. The smallest absolute Gasteiger partial charge is 0.222 e. The summed E-state index contributed by atoms with van der Waals surface area (Å²) in [6.07, 6.45) is 5.70. The summed E-state index contributed by atoms with van der Waals surface area (Å²) < 4.78 is 0. The van der Waals surface area contributed by atoms with E-state index >= 15 is 0 Å². The molecule has 0 atom stereocenters. The van der Waals surface area contributed by atoms with E-state index in [9.17, 15) is 0 Å². The number of nitrogens with two attached hydrogens (primary N) is 1. The molecule has 1 aliphatic heterocycles. The van der Waals surface area contributed by atoms with Gasteiger partial charge in [-0.05, 0) is 63.7 Å². The number of hydrogen-bond acceptors (Lipinski definition) is 5. The van der Waals surface area contributed by atoms with Crippen LogP contribution >= 0.6 is 0 Å². The van der Waals surface area contributed by atoms with Crippen molar-refractivity contribution in [2.24, 2.45) is 5.92 Å². The molecule has 2 aliphatic rings. The van der Waals surface area contributed by atoms with Gasteiger partial charge in [-0.3, -0.25) is 0 Å². The lowest BCUT2D eigenvalue weighted by Crippen LogP contribution is -2.33. The molecule has 4 rings (SSSR count). The van der Waals surface area contributed by atoms with Crippen LogP contribution in [-0.2, 0) is 12.8 Å². The molecule has 0 unspecified atom stereocenters. The molecule has 5 heteroatoms. The molecule has 1 saturated heterocycles. The normalized spacial score (nSPS) is 18.3. The van der Waals surface area contributed by atoms with Crippen LogP contribution in [0.1, 0.15) is 30.4 Å². The quantitative estimate of drug-likeness (QED) is 0.901. The van der Waals surface area contributed by atoms with E-state index in [0.717, 1.165) is 37.3 Å². The molecule has 0 radical (unpaired) electrons. The highest BCUT2D eigenvalue weighted by Gasteiger charge is 2.22. The molecule has 2 heterocycles. The van der Waals surface area contributed by atoms with Crippen molar-refractivity contribution in [2.45, 2.75) is 32.1 Å². The fourth-order valence-electron chi connectivity index (χ4n) is 4.04. The van der Waals surface area contributed by atoms with Crippen molar-refractivity contribution >= 4 is 11.8 Å². The number of likely N-dealkylation sites (tertiary alicyclic amines) is 1. The minimum absolute atomic E-state index is 0.362. The van der Waals surface area contributed by atoms with Crippen molar-refractivity contribution in [1.82, 2.24) is 14.9 Å². The number of nitrogens with one attached hydrogen (secondary N) is 1. The average molecular weight is 337 g/mol. The number of rotatable bonds is 3. The molecule has 0 saturated carbocycles. The molecule has 1 fully saturated rings. The summed E-state index contributed by atoms with van der Waals surface area (Å²) in [6, 6.07) is 8.55. The summed E-state index contributed by atoms with van der Waals surface area (Å²) in [5.41, 5.74) is 10.9. The Labute approximate surface area is 149 Å². The SMILES string of the molecule is CN1CCC(CNc2nc(N)nc3c2CCCc2ccccc2-3)CC1. The van der Waals surface area contributed by atoms with Crippen LogP contribution < -0.4 is 11.1 Å². The zero-order chi connectivity index (χ0) is 17.2. The molecule has 2 aromatic rings. The maximum Gasteiger partial charge on any atom is 0.222 e. The van der Waals surface area contributed by atoms with Gasteiger partial charge in [0.05, 0.1) is 5.69 Å². The second kappa shape index (κ2) is 7.00. The summed E-state index contributed by atoms with van der Waals surface area (Å²) in [5, 5.41) is 3.61. The number of benzene rings is 1. The van der Waals surface area contributed by atoms with Gasteiger partial charge >= 0.3 is 0 Å². The molecule has 5 nitrogen and oxygen atoms in total. The number of nitrogen functional groups attached to an aromatic ring is 1. The van der Waals surface area contributed by atoms with Crippen molar-refractivity contribution in [3.8, 4) is 11.3 Å². The number of anilines is 2. The lowest BCUT2D eigenvalue weighted by atomic mass is 9.97. The van der Waals surface area contributed by atoms with Crippen LogP contribution in [0, 0.1) is 5.92 Å². The maximum atomic E-state index is 6.05. The first-order valence-electron chi connectivity index (χ1n) is 9.38. The van der Waals surface area contributed by atoms with E-state index in [1.54, 1.807) is 0 Å². The molecule has 3 N–H and O–H groups in total. The summed E-state index contributed by atoms with van der Waals surface area (Å²) in [7, 11) is 2.20. The maximum absolute atomic E-state index is 6.05. The number of hydrogen-bond donors (Lipinski definition) is 2. The molecule has 0 spiro atoms. The van der Waals surface area contributed by atoms with Gasteiger partial charge in [0.15, 0.2) is 0 Å². The van der Waals surface area contributed by atoms with Crippen LogP contribution in [-0.4, -0.2) is 41.5 Å². The summed E-state index contributed by atoms with van der Waals surface area (Å²) in [5.74, 6) is 2.01. The van der Waals surface area contributed by atoms with Gasteiger partial charge in [-0.1, -0.05) is 24.3 Å². The Hall–Kier alpha value is -2.14. The third kappa shape index (κ3) is 3.47. The van der Waals surface area contributed by atoms with Crippen LogP contribution in [0.5, 0.6) is 0 Å². The van der Waals surface area contributed by atoms with Gasteiger partial charge < -0.3 is 16.0 Å². The van der Waals surface area contributed by atoms with Gasteiger partial charge in [0.25, 0.3) is 0 Å². The van der Waals surface area contributed by atoms with Crippen molar-refractivity contribution in [2.75, 3.05) is 37.7 Å². The predicted octanol–water partition coefficient (Wildman–Crippen LogP) is 2.97. The Morgan fingerprint density at radius 3 is 2.80 bits per heavy atom. The van der Waals surface area contributed by atoms with E-state index in [-0.39, 0.29) is 0 Å². The summed E-state index contributed by atoms with van der Waals surface area (Å²) in [6.45, 7) is 3.34. The van der Waals surface area contributed by atoms with E-state index < -0.39 is 0 Å². The van der Waals surface area contributed by atoms with Gasteiger partial charge in [0.2, 0.25) is 5.95 Å². The van der Waals surface area contributed by atoms with Crippen LogP contribution in [0.4, 0.5) is 11.8 Å². The monoisotopic (exact) mass is 337 g/mol. The minimum Gasteiger partial charge on any atom is -0.369 e. The molecule has 1 aliphatic carbocycles. The Bertz CT molecular complexity index is 750. The van der Waals surface area contributed by atoms with Gasteiger partial charge in [0, 0.05) is 17.7 Å². The molecule has 132 valence electrons. The molecular formula is C20H27N5. The van der Waals surface area contributed by atoms with E-state index in [0.29, 0.717) is 11.9 Å². The fraction of sp³-hybridized carbons (Fsp3) is 0.500. The standard InChI is InChI=1S/C20H27N5/c1-25-11-9-14(10-12-25)13-22-19-17-8-4-6-15-5-2-3-7-16(15)18(17)23-20(21)24-19/h2-3,5,7,14H,4,6,8-13H2,1H3,(H3,21,22,23,24). The topological polar surface area (TPSA) is 67.1 Å². The zero-order valence-electron chi connectivity index (χ0n) is 15.0. The fourth-order valence-corrected chi connectivity index (χ4v) is 4.04. The van der Waals surface area contributed by atoms with Gasteiger partial charge in [-0.15, -0.1) is 0 Å². The molecule has 0 amide bonds. The van der Waals surface area contributed by atoms with Crippen molar-refractivity contribution in [1.29, 1.82) is 0 Å². The van der Waals surface area contributed by atoms with Gasteiger partial charge in [0.1, 0.15) is 5.82 Å². The summed E-state index contributed by atoms with van der Waals surface area (Å²) >= 11 is 0. The van der Waals surface area contributed by atoms with Crippen LogP contribution in [0.3, 0.4) is 0 Å². The number of piperidine rings is 1. The molecular weight excluding hydrogens is 310 g/mol. The van der Waals surface area contributed by atoms with Crippen LogP contribution in [0.15, 0.2) is 24.3 Å². The second-order valence-electron chi connectivity index (χ2n) is 7.40. The highest BCUT2D eigenvalue weighted by molar-refractivity contribution is 5.73. The Morgan fingerprint density at radius 2 is 1.96 bits per heavy atom. The third-order valence-corrected chi connectivity index (χ3v) is 5.57. The van der Waals surface area contributed by atoms with E-state index in [4.69, 9.17) is 5.73 Å². The first kappa shape index (κ1) is 16.3. The van der Waals surface area contributed by atoms with E-state index in [2.05, 4.69) is 51.5 Å². The van der Waals surface area contributed by atoms with Crippen molar-refractivity contribution < 1.29 is 0 Å². The minimum atomic E-state index is 0.362. The molecule has 1 aromatic carbocycles. The van der Waals surface area contributed by atoms with Crippen molar-refractivity contribution in [3.63, 3.8) is 0 Å². The zero-order valence-corrected chi connectivity index (χ0v) is 15.0. The average Bonchev–Trinajstić information content (AvgIpc) is 2.81. The highest BCUT2D eigenvalue weighted by atomic mass is 15.1. The van der Waals surface area contributed by atoms with E-state index in [1.807, 2.05) is 0 Å².